The van der Waals surface area contributed by atoms with Crippen LogP contribution in [0.5, 0.6) is 0 Å². The van der Waals surface area contributed by atoms with E-state index in [9.17, 15) is 14.7 Å². The van der Waals surface area contributed by atoms with Crippen molar-refractivity contribution in [1.82, 2.24) is 4.90 Å². The van der Waals surface area contributed by atoms with Crippen molar-refractivity contribution in [2.75, 3.05) is 43.1 Å². The molecule has 3 amide bonds. The van der Waals surface area contributed by atoms with Gasteiger partial charge in [-0.3, -0.25) is 4.79 Å². The zero-order valence-corrected chi connectivity index (χ0v) is 12.9. The molecule has 0 aliphatic carbocycles. The average Bonchev–Trinajstić information content (AvgIpc) is 2.84. The number of hydrogen-bond donors (Lipinski definition) is 2. The molecule has 0 radical (unpaired) electrons. The van der Waals surface area contributed by atoms with Gasteiger partial charge < -0.3 is 25.0 Å². The standard InChI is InChI=1S/C16H21N3O4/c20-14-10-18(8-9-23-11-14)16(22)17-12-3-5-13(6-4-12)19-7-1-2-15(19)21/h3-6,14,20H,1-2,7-11H2,(H,17,22)/t14-/m1/s1. The van der Waals surface area contributed by atoms with E-state index in [1.807, 2.05) is 12.1 Å². The molecule has 2 aliphatic heterocycles. The number of rotatable bonds is 2. The molecule has 0 bridgehead atoms. The highest BCUT2D eigenvalue weighted by Crippen LogP contribution is 2.23. The van der Waals surface area contributed by atoms with E-state index < -0.39 is 6.10 Å². The number of urea groups is 1. The number of carbonyl (C=O) groups is 2. The summed E-state index contributed by atoms with van der Waals surface area (Å²) in [7, 11) is 0. The summed E-state index contributed by atoms with van der Waals surface area (Å²) >= 11 is 0. The maximum absolute atomic E-state index is 12.2. The van der Waals surface area contributed by atoms with Crippen molar-refractivity contribution < 1.29 is 19.4 Å². The molecule has 0 unspecified atom stereocenters. The number of hydrogen-bond acceptors (Lipinski definition) is 4. The van der Waals surface area contributed by atoms with Gasteiger partial charge >= 0.3 is 6.03 Å². The number of β-amino-alcohol motifs (C(OH)–C–C–N with tert-alkyl or cyclic N) is 1. The largest absolute Gasteiger partial charge is 0.389 e. The molecule has 1 aromatic carbocycles. The van der Waals surface area contributed by atoms with Gasteiger partial charge in [-0.25, -0.2) is 4.79 Å². The Kier molecular flexibility index (Phi) is 4.78. The van der Waals surface area contributed by atoms with Crippen molar-refractivity contribution >= 4 is 23.3 Å². The third-order valence-electron chi connectivity index (χ3n) is 4.04. The van der Waals surface area contributed by atoms with Crippen LogP contribution in [0.25, 0.3) is 0 Å². The Hall–Kier alpha value is -2.12. The Labute approximate surface area is 134 Å². The molecule has 124 valence electrons. The quantitative estimate of drug-likeness (QED) is 0.853. The van der Waals surface area contributed by atoms with E-state index in [0.29, 0.717) is 25.3 Å². The molecule has 2 heterocycles. The van der Waals surface area contributed by atoms with Crippen LogP contribution in [0.15, 0.2) is 24.3 Å². The van der Waals surface area contributed by atoms with Crippen LogP contribution in [0, 0.1) is 0 Å². The summed E-state index contributed by atoms with van der Waals surface area (Å²) in [5.41, 5.74) is 1.51. The number of carbonyl (C=O) groups excluding carboxylic acids is 2. The van der Waals surface area contributed by atoms with E-state index >= 15 is 0 Å². The number of anilines is 2. The average molecular weight is 319 g/mol. The Balaban J connectivity index is 1.61. The number of aliphatic hydroxyl groups excluding tert-OH is 1. The van der Waals surface area contributed by atoms with E-state index in [0.717, 1.165) is 18.7 Å². The second-order valence-electron chi connectivity index (χ2n) is 5.80. The number of aliphatic hydroxyl groups is 1. The molecule has 0 spiro atoms. The van der Waals surface area contributed by atoms with Crippen LogP contribution in [0.3, 0.4) is 0 Å². The van der Waals surface area contributed by atoms with Crippen LogP contribution < -0.4 is 10.2 Å². The van der Waals surface area contributed by atoms with Crippen molar-refractivity contribution in [2.24, 2.45) is 0 Å². The molecule has 0 saturated carbocycles. The lowest BCUT2D eigenvalue weighted by Gasteiger charge is -2.22. The van der Waals surface area contributed by atoms with Crippen molar-refractivity contribution in [2.45, 2.75) is 18.9 Å². The minimum absolute atomic E-state index is 0.139. The summed E-state index contributed by atoms with van der Waals surface area (Å²) in [6, 6.07) is 6.96. The maximum Gasteiger partial charge on any atom is 0.322 e. The van der Waals surface area contributed by atoms with Gasteiger partial charge in [-0.15, -0.1) is 0 Å². The van der Waals surface area contributed by atoms with Gasteiger partial charge in [0.05, 0.1) is 25.9 Å². The highest BCUT2D eigenvalue weighted by Gasteiger charge is 2.22. The summed E-state index contributed by atoms with van der Waals surface area (Å²) in [5.74, 6) is 0.139. The van der Waals surface area contributed by atoms with E-state index in [-0.39, 0.29) is 25.1 Å². The van der Waals surface area contributed by atoms with Gasteiger partial charge in [-0.05, 0) is 30.7 Å². The van der Waals surface area contributed by atoms with E-state index in [4.69, 9.17) is 4.74 Å². The molecular formula is C16H21N3O4. The molecule has 2 fully saturated rings. The summed E-state index contributed by atoms with van der Waals surface area (Å²) in [4.78, 5) is 27.3. The number of nitrogens with zero attached hydrogens (tertiary/aromatic N) is 2. The highest BCUT2D eigenvalue weighted by atomic mass is 16.5. The van der Waals surface area contributed by atoms with Crippen LogP contribution in [0.2, 0.25) is 0 Å². The molecule has 2 saturated heterocycles. The third kappa shape index (κ3) is 3.80. The summed E-state index contributed by atoms with van der Waals surface area (Å²) in [5, 5.41) is 12.5. The lowest BCUT2D eigenvalue weighted by atomic mass is 10.2. The number of amides is 3. The van der Waals surface area contributed by atoms with Gasteiger partial charge in [-0.1, -0.05) is 0 Å². The van der Waals surface area contributed by atoms with Gasteiger partial charge in [0.15, 0.2) is 0 Å². The lowest BCUT2D eigenvalue weighted by molar-refractivity contribution is -0.117. The summed E-state index contributed by atoms with van der Waals surface area (Å²) in [6.45, 7) is 2.12. The predicted molar refractivity (Wildman–Crippen MR) is 85.4 cm³/mol. The van der Waals surface area contributed by atoms with Crippen molar-refractivity contribution in [3.05, 3.63) is 24.3 Å². The molecule has 1 atom stereocenters. The first-order valence-electron chi connectivity index (χ1n) is 7.85. The zero-order chi connectivity index (χ0) is 16.2. The van der Waals surface area contributed by atoms with Crippen LogP contribution in [0.1, 0.15) is 12.8 Å². The monoisotopic (exact) mass is 319 g/mol. The molecular weight excluding hydrogens is 298 g/mol. The summed E-state index contributed by atoms with van der Waals surface area (Å²) in [6.07, 6.45) is 0.820. The summed E-state index contributed by atoms with van der Waals surface area (Å²) < 4.78 is 5.21. The Morgan fingerprint density at radius 2 is 2.04 bits per heavy atom. The lowest BCUT2D eigenvalue weighted by Crippen LogP contribution is -2.40. The van der Waals surface area contributed by atoms with Gasteiger partial charge in [0.25, 0.3) is 0 Å². The highest BCUT2D eigenvalue weighted by molar-refractivity contribution is 5.96. The van der Waals surface area contributed by atoms with Crippen LogP contribution in [-0.2, 0) is 9.53 Å². The molecule has 1 aromatic rings. The van der Waals surface area contributed by atoms with Crippen LogP contribution in [-0.4, -0.2) is 60.9 Å². The smallest absolute Gasteiger partial charge is 0.322 e. The Bertz CT molecular complexity index is 575. The first-order chi connectivity index (χ1) is 11.1. The maximum atomic E-state index is 12.2. The van der Waals surface area contributed by atoms with E-state index in [2.05, 4.69) is 5.32 Å². The molecule has 3 rings (SSSR count). The molecule has 2 N–H and O–H groups in total. The van der Waals surface area contributed by atoms with Gasteiger partial charge in [0, 0.05) is 30.9 Å². The number of ether oxygens (including phenoxy) is 1. The second kappa shape index (κ2) is 6.97. The fourth-order valence-electron chi connectivity index (χ4n) is 2.83. The predicted octanol–water partition coefficient (Wildman–Crippen LogP) is 1.04. The molecule has 7 nitrogen and oxygen atoms in total. The van der Waals surface area contributed by atoms with Gasteiger partial charge in [0.1, 0.15) is 0 Å². The molecule has 2 aliphatic rings. The zero-order valence-electron chi connectivity index (χ0n) is 12.9. The topological polar surface area (TPSA) is 82.1 Å². The molecule has 0 aromatic heterocycles. The normalized spacial score (nSPS) is 22.1. The van der Waals surface area contributed by atoms with Gasteiger partial charge in [0.2, 0.25) is 5.91 Å². The van der Waals surface area contributed by atoms with E-state index in [1.165, 1.54) is 4.90 Å². The Morgan fingerprint density at radius 3 is 2.74 bits per heavy atom. The first kappa shape index (κ1) is 15.8. The van der Waals surface area contributed by atoms with Crippen LogP contribution in [0.4, 0.5) is 16.2 Å². The molecule has 23 heavy (non-hydrogen) atoms. The van der Waals surface area contributed by atoms with E-state index in [1.54, 1.807) is 17.0 Å². The minimum atomic E-state index is -0.660. The van der Waals surface area contributed by atoms with Gasteiger partial charge in [-0.2, -0.15) is 0 Å². The fourth-order valence-corrected chi connectivity index (χ4v) is 2.83. The van der Waals surface area contributed by atoms with Crippen LogP contribution >= 0.6 is 0 Å². The first-order valence-corrected chi connectivity index (χ1v) is 7.85. The number of benzene rings is 1. The van der Waals surface area contributed by atoms with Crippen molar-refractivity contribution in [1.29, 1.82) is 0 Å². The SMILES string of the molecule is O=C(Nc1ccc(N2CCCC2=O)cc1)N1CCOC[C@H](O)C1. The van der Waals surface area contributed by atoms with Crippen molar-refractivity contribution in [3.8, 4) is 0 Å². The fraction of sp³-hybridized carbons (Fsp3) is 0.500. The third-order valence-corrected chi connectivity index (χ3v) is 4.04. The number of nitrogens with one attached hydrogen (secondary N) is 1. The second-order valence-corrected chi connectivity index (χ2v) is 5.80. The molecule has 7 heteroatoms. The van der Waals surface area contributed by atoms with Crippen molar-refractivity contribution in [3.63, 3.8) is 0 Å². The Morgan fingerprint density at radius 1 is 1.26 bits per heavy atom. The minimum Gasteiger partial charge on any atom is -0.389 e.